The molecule has 1 aromatic heterocycles. The first-order valence-electron chi connectivity index (χ1n) is 6.22. The second kappa shape index (κ2) is 5.25. The first kappa shape index (κ1) is 12.0. The first-order valence-corrected chi connectivity index (χ1v) is 6.22. The Labute approximate surface area is 101 Å². The SMILES string of the molecule is CC1CCCC(CNc2ccc(C(=O)O)o2)C1. The average Bonchev–Trinajstić information content (AvgIpc) is 2.75. The minimum absolute atomic E-state index is 0.00971. The lowest BCUT2D eigenvalue weighted by molar-refractivity contribution is 0.0663. The Hall–Kier alpha value is -1.45. The van der Waals surface area contributed by atoms with Crippen LogP contribution in [0.3, 0.4) is 0 Å². The molecule has 0 spiro atoms. The molecule has 2 unspecified atom stereocenters. The summed E-state index contributed by atoms with van der Waals surface area (Å²) in [6.07, 6.45) is 5.13. The molecule has 2 rings (SSSR count). The molecule has 0 aromatic carbocycles. The molecule has 94 valence electrons. The third-order valence-corrected chi connectivity index (χ3v) is 3.43. The molecule has 4 nitrogen and oxygen atoms in total. The van der Waals surface area contributed by atoms with Crippen LogP contribution in [0.2, 0.25) is 0 Å². The van der Waals surface area contributed by atoms with Crippen molar-refractivity contribution < 1.29 is 14.3 Å². The van der Waals surface area contributed by atoms with Crippen molar-refractivity contribution in [2.75, 3.05) is 11.9 Å². The van der Waals surface area contributed by atoms with Crippen molar-refractivity contribution in [2.45, 2.75) is 32.6 Å². The van der Waals surface area contributed by atoms with Crippen molar-refractivity contribution in [3.8, 4) is 0 Å². The summed E-state index contributed by atoms with van der Waals surface area (Å²) in [5, 5.41) is 11.9. The lowest BCUT2D eigenvalue weighted by Gasteiger charge is -2.26. The minimum atomic E-state index is -1.02. The largest absolute Gasteiger partial charge is 0.475 e. The van der Waals surface area contributed by atoms with E-state index >= 15 is 0 Å². The zero-order valence-corrected chi connectivity index (χ0v) is 10.1. The first-order chi connectivity index (χ1) is 8.15. The van der Waals surface area contributed by atoms with E-state index in [1.54, 1.807) is 6.07 Å². The predicted octanol–water partition coefficient (Wildman–Crippen LogP) is 3.22. The van der Waals surface area contributed by atoms with Crippen LogP contribution in [0.5, 0.6) is 0 Å². The molecule has 0 amide bonds. The number of carboxylic acids is 1. The van der Waals surface area contributed by atoms with Gasteiger partial charge in [-0.2, -0.15) is 0 Å². The summed E-state index contributed by atoms with van der Waals surface area (Å²) in [7, 11) is 0. The van der Waals surface area contributed by atoms with Gasteiger partial charge < -0.3 is 14.8 Å². The van der Waals surface area contributed by atoms with E-state index in [2.05, 4.69) is 12.2 Å². The van der Waals surface area contributed by atoms with Crippen LogP contribution in [0.4, 0.5) is 5.88 Å². The summed E-state index contributed by atoms with van der Waals surface area (Å²) in [6.45, 7) is 3.17. The van der Waals surface area contributed by atoms with E-state index in [9.17, 15) is 4.79 Å². The van der Waals surface area contributed by atoms with E-state index < -0.39 is 5.97 Å². The molecule has 0 radical (unpaired) electrons. The van der Waals surface area contributed by atoms with Gasteiger partial charge >= 0.3 is 5.97 Å². The number of nitrogens with one attached hydrogen (secondary N) is 1. The number of hydrogen-bond acceptors (Lipinski definition) is 3. The number of hydrogen-bond donors (Lipinski definition) is 2. The van der Waals surface area contributed by atoms with Crippen LogP contribution in [0.15, 0.2) is 16.5 Å². The second-order valence-electron chi connectivity index (χ2n) is 4.99. The highest BCUT2D eigenvalue weighted by atomic mass is 16.4. The molecular formula is C13H19NO3. The molecular weight excluding hydrogens is 218 g/mol. The normalized spacial score (nSPS) is 24.5. The van der Waals surface area contributed by atoms with Crippen LogP contribution in [0, 0.1) is 11.8 Å². The Balaban J connectivity index is 1.82. The smallest absolute Gasteiger partial charge is 0.371 e. The van der Waals surface area contributed by atoms with Gasteiger partial charge in [0.1, 0.15) is 0 Å². The maximum Gasteiger partial charge on any atom is 0.371 e. The molecule has 0 bridgehead atoms. The summed E-state index contributed by atoms with van der Waals surface area (Å²) in [5.41, 5.74) is 0. The molecule has 1 fully saturated rings. The maximum absolute atomic E-state index is 10.6. The number of furan rings is 1. The molecule has 1 saturated carbocycles. The Bertz CT molecular complexity index is 386. The van der Waals surface area contributed by atoms with E-state index in [1.165, 1.54) is 31.7 Å². The van der Waals surface area contributed by atoms with E-state index in [-0.39, 0.29) is 5.76 Å². The summed E-state index contributed by atoms with van der Waals surface area (Å²) in [4.78, 5) is 10.6. The van der Waals surface area contributed by atoms with Crippen molar-refractivity contribution in [1.82, 2.24) is 0 Å². The summed E-state index contributed by atoms with van der Waals surface area (Å²) >= 11 is 0. The Morgan fingerprint density at radius 1 is 1.53 bits per heavy atom. The van der Waals surface area contributed by atoms with Crippen LogP contribution >= 0.6 is 0 Å². The van der Waals surface area contributed by atoms with Crippen LogP contribution in [0.1, 0.15) is 43.2 Å². The summed E-state index contributed by atoms with van der Waals surface area (Å²) < 4.78 is 5.15. The molecule has 2 N–H and O–H groups in total. The molecule has 2 atom stereocenters. The van der Waals surface area contributed by atoms with Crippen LogP contribution in [-0.2, 0) is 0 Å². The van der Waals surface area contributed by atoms with Gasteiger partial charge in [0.15, 0.2) is 5.88 Å². The van der Waals surface area contributed by atoms with Gasteiger partial charge in [0.25, 0.3) is 0 Å². The Morgan fingerprint density at radius 3 is 3.00 bits per heavy atom. The number of anilines is 1. The van der Waals surface area contributed by atoms with Gasteiger partial charge in [0.2, 0.25) is 5.76 Å². The van der Waals surface area contributed by atoms with E-state index in [4.69, 9.17) is 9.52 Å². The fourth-order valence-electron chi connectivity index (χ4n) is 2.54. The lowest BCUT2D eigenvalue weighted by atomic mass is 9.82. The quantitative estimate of drug-likeness (QED) is 0.844. The molecule has 1 heterocycles. The summed E-state index contributed by atoms with van der Waals surface area (Å²) in [5.74, 6) is 1.01. The average molecular weight is 237 g/mol. The number of rotatable bonds is 4. The molecule has 1 aliphatic rings. The van der Waals surface area contributed by atoms with Gasteiger partial charge in [-0.15, -0.1) is 0 Å². The van der Waals surface area contributed by atoms with Gasteiger partial charge in [0, 0.05) is 12.6 Å². The standard InChI is InChI=1S/C13H19NO3/c1-9-3-2-4-10(7-9)8-14-12-6-5-11(17-12)13(15)16/h5-6,9-10,14H,2-4,7-8H2,1H3,(H,15,16). The van der Waals surface area contributed by atoms with Crippen LogP contribution in [-0.4, -0.2) is 17.6 Å². The van der Waals surface area contributed by atoms with Crippen molar-refractivity contribution in [1.29, 1.82) is 0 Å². The zero-order valence-electron chi connectivity index (χ0n) is 10.1. The van der Waals surface area contributed by atoms with Crippen LogP contribution < -0.4 is 5.32 Å². The molecule has 0 aliphatic heterocycles. The third-order valence-electron chi connectivity index (χ3n) is 3.43. The fraction of sp³-hybridized carbons (Fsp3) is 0.615. The minimum Gasteiger partial charge on any atom is -0.475 e. The number of carbonyl (C=O) groups is 1. The van der Waals surface area contributed by atoms with E-state index in [1.807, 2.05) is 0 Å². The molecule has 0 saturated heterocycles. The number of aromatic carboxylic acids is 1. The molecule has 4 heteroatoms. The zero-order chi connectivity index (χ0) is 12.3. The van der Waals surface area contributed by atoms with Gasteiger partial charge in [0.05, 0.1) is 0 Å². The molecule has 17 heavy (non-hydrogen) atoms. The Kier molecular flexibility index (Phi) is 3.71. The van der Waals surface area contributed by atoms with E-state index in [0.717, 1.165) is 12.5 Å². The van der Waals surface area contributed by atoms with E-state index in [0.29, 0.717) is 11.8 Å². The highest BCUT2D eigenvalue weighted by Gasteiger charge is 2.19. The highest BCUT2D eigenvalue weighted by molar-refractivity contribution is 5.84. The van der Waals surface area contributed by atoms with Gasteiger partial charge in [-0.05, 0) is 30.7 Å². The van der Waals surface area contributed by atoms with Crippen LogP contribution in [0.25, 0.3) is 0 Å². The van der Waals surface area contributed by atoms with Crippen molar-refractivity contribution in [3.05, 3.63) is 17.9 Å². The topological polar surface area (TPSA) is 62.5 Å². The molecule has 1 aliphatic carbocycles. The van der Waals surface area contributed by atoms with Gasteiger partial charge in [-0.25, -0.2) is 4.79 Å². The Morgan fingerprint density at radius 2 is 2.35 bits per heavy atom. The van der Waals surface area contributed by atoms with Gasteiger partial charge in [-0.3, -0.25) is 0 Å². The van der Waals surface area contributed by atoms with Crippen molar-refractivity contribution >= 4 is 11.9 Å². The lowest BCUT2D eigenvalue weighted by Crippen LogP contribution is -2.20. The monoisotopic (exact) mass is 237 g/mol. The van der Waals surface area contributed by atoms with Crippen molar-refractivity contribution in [2.24, 2.45) is 11.8 Å². The molecule has 1 aromatic rings. The second-order valence-corrected chi connectivity index (χ2v) is 4.99. The predicted molar refractivity (Wildman–Crippen MR) is 65.3 cm³/mol. The summed E-state index contributed by atoms with van der Waals surface area (Å²) in [6, 6.07) is 3.16. The third kappa shape index (κ3) is 3.25. The van der Waals surface area contributed by atoms with Gasteiger partial charge in [-0.1, -0.05) is 19.8 Å². The highest BCUT2D eigenvalue weighted by Crippen LogP contribution is 2.28. The van der Waals surface area contributed by atoms with Crippen molar-refractivity contribution in [3.63, 3.8) is 0 Å². The number of carboxylic acid groups (broad SMARTS) is 1. The fourth-order valence-corrected chi connectivity index (χ4v) is 2.54. The maximum atomic E-state index is 10.6.